The molecule has 4 amide bonds. The molecule has 4 aliphatic rings. The molecule has 2 saturated heterocycles. The Balaban J connectivity index is 1.30. The molecular formula is C33H26N2O12. The van der Waals surface area contributed by atoms with Crippen LogP contribution in [0.4, 0.5) is 11.4 Å². The van der Waals surface area contributed by atoms with Crippen LogP contribution in [0.1, 0.15) is 51.0 Å². The summed E-state index contributed by atoms with van der Waals surface area (Å²) in [6.07, 6.45) is 1.91. The van der Waals surface area contributed by atoms with Crippen LogP contribution in [0.15, 0.2) is 64.6 Å². The highest BCUT2D eigenvalue weighted by atomic mass is 16.4. The molecule has 2 aromatic carbocycles. The zero-order valence-corrected chi connectivity index (χ0v) is 24.3. The summed E-state index contributed by atoms with van der Waals surface area (Å²) in [6, 6.07) is 9.84. The first-order chi connectivity index (χ1) is 22.4. The molecule has 2 aliphatic carbocycles. The Hall–Kier alpha value is -5.76. The Morgan fingerprint density at radius 3 is 1.79 bits per heavy atom. The van der Waals surface area contributed by atoms with E-state index in [1.165, 1.54) is 18.2 Å². The Bertz CT molecular complexity index is 1960. The van der Waals surface area contributed by atoms with Crippen molar-refractivity contribution in [1.82, 2.24) is 0 Å². The number of hydrogen-bond acceptors (Lipinski definition) is 10. The number of aliphatic hydroxyl groups is 1. The van der Waals surface area contributed by atoms with E-state index >= 15 is 0 Å². The molecule has 5 N–H and O–H groups in total. The van der Waals surface area contributed by atoms with Crippen molar-refractivity contribution >= 4 is 46.9 Å². The lowest BCUT2D eigenvalue weighted by Crippen LogP contribution is -2.43. The molecule has 3 fully saturated rings. The average molecular weight is 643 g/mol. The van der Waals surface area contributed by atoms with Crippen molar-refractivity contribution in [1.29, 1.82) is 0 Å². The van der Waals surface area contributed by atoms with Crippen LogP contribution >= 0.6 is 0 Å². The number of carboxylic acid groups (broad SMARTS) is 2. The third kappa shape index (κ3) is 4.35. The van der Waals surface area contributed by atoms with Crippen molar-refractivity contribution < 1.29 is 58.7 Å². The Labute approximate surface area is 264 Å². The third-order valence-electron chi connectivity index (χ3n) is 9.73. The molecule has 0 spiro atoms. The van der Waals surface area contributed by atoms with Crippen molar-refractivity contribution in [3.63, 3.8) is 0 Å². The van der Waals surface area contributed by atoms with Crippen molar-refractivity contribution in [3.05, 3.63) is 82.8 Å². The number of fused-ring (bicyclic) bond motifs is 4. The van der Waals surface area contributed by atoms with Crippen LogP contribution < -0.4 is 9.80 Å². The molecule has 7 rings (SSSR count). The van der Waals surface area contributed by atoms with E-state index in [4.69, 9.17) is 4.42 Å². The monoisotopic (exact) mass is 642 g/mol. The van der Waals surface area contributed by atoms with Gasteiger partial charge in [0.05, 0.1) is 41.0 Å². The van der Waals surface area contributed by atoms with Crippen LogP contribution in [0.25, 0.3) is 0 Å². The first-order valence-corrected chi connectivity index (χ1v) is 14.7. The minimum atomic E-state index is -1.40. The molecule has 0 bridgehead atoms. The second-order valence-electron chi connectivity index (χ2n) is 12.0. The largest absolute Gasteiger partial charge is 0.507 e. The fourth-order valence-electron chi connectivity index (χ4n) is 7.74. The highest BCUT2D eigenvalue weighted by molar-refractivity contribution is 6.24. The number of phenols is 2. The van der Waals surface area contributed by atoms with Crippen LogP contribution in [0.3, 0.4) is 0 Å². The van der Waals surface area contributed by atoms with Gasteiger partial charge in [-0.15, -0.1) is 0 Å². The predicted octanol–water partition coefficient (Wildman–Crippen LogP) is 2.62. The van der Waals surface area contributed by atoms with Gasteiger partial charge in [0.15, 0.2) is 0 Å². The van der Waals surface area contributed by atoms with E-state index in [0.29, 0.717) is 5.57 Å². The number of aromatic hydroxyl groups is 2. The quantitative estimate of drug-likeness (QED) is 0.193. The van der Waals surface area contributed by atoms with Crippen LogP contribution in [0.5, 0.6) is 11.5 Å². The van der Waals surface area contributed by atoms with E-state index < -0.39 is 100 Å². The van der Waals surface area contributed by atoms with Gasteiger partial charge in [0.1, 0.15) is 40.8 Å². The number of allylic oxidation sites excluding steroid dienone is 2. The molecule has 1 saturated carbocycles. The number of aliphatic hydroxyl groups excluding tert-OH is 1. The smallest absolute Gasteiger partial charge is 0.339 e. The highest BCUT2D eigenvalue weighted by Crippen LogP contribution is 2.58. The summed E-state index contributed by atoms with van der Waals surface area (Å²) in [5.74, 6) is -11.3. The summed E-state index contributed by atoms with van der Waals surface area (Å²) < 4.78 is 5.89. The number of amides is 4. The Morgan fingerprint density at radius 2 is 1.28 bits per heavy atom. The number of imide groups is 2. The zero-order chi connectivity index (χ0) is 33.5. The second kappa shape index (κ2) is 10.7. The number of nitrogens with zero attached hydrogens (tertiary/aromatic N) is 2. The van der Waals surface area contributed by atoms with Gasteiger partial charge in [-0.2, -0.15) is 0 Å². The number of anilines is 2. The number of carboxylic acids is 2. The third-order valence-corrected chi connectivity index (χ3v) is 9.73. The molecule has 0 radical (unpaired) electrons. The minimum absolute atomic E-state index is 0.00906. The number of aromatic carboxylic acids is 2. The molecule has 1 aromatic heterocycles. The molecule has 14 nitrogen and oxygen atoms in total. The van der Waals surface area contributed by atoms with Gasteiger partial charge in [-0.25, -0.2) is 19.4 Å². The number of rotatable bonds is 6. The van der Waals surface area contributed by atoms with Crippen molar-refractivity contribution in [2.75, 3.05) is 9.80 Å². The van der Waals surface area contributed by atoms with E-state index in [1.807, 2.05) is 0 Å². The average Bonchev–Trinajstić information content (AvgIpc) is 3.68. The van der Waals surface area contributed by atoms with Gasteiger partial charge in [0.2, 0.25) is 23.6 Å². The van der Waals surface area contributed by atoms with Gasteiger partial charge >= 0.3 is 11.9 Å². The standard InChI is InChI=1S/C33H26N2O12/c36-12-15-3-8-24(47-15)26-16-6-7-19-25(30(41)34(28(19)39)13-1-4-17(32(43)44)22(37)9-13)20(16)11-21-27(26)31(42)35(29(21)40)14-2-5-18(33(45)46)23(38)10-14/h1-6,8-10,19-21,25-27,36-38H,7,11-12H2,(H,43,44)(H,45,46)/t19-,20+,21+,25-,26+,27+/m0/s1. The molecule has 14 heteroatoms. The number of hydrogen-bond donors (Lipinski definition) is 5. The molecule has 2 aliphatic heterocycles. The number of carbonyl (C=O) groups excluding carboxylic acids is 4. The number of furan rings is 1. The van der Waals surface area contributed by atoms with Crippen LogP contribution in [0, 0.1) is 29.6 Å². The van der Waals surface area contributed by atoms with E-state index in [2.05, 4.69) is 0 Å². The molecule has 3 heterocycles. The maximum absolute atomic E-state index is 14.1. The Morgan fingerprint density at radius 1 is 0.723 bits per heavy atom. The molecule has 6 atom stereocenters. The van der Waals surface area contributed by atoms with E-state index in [-0.39, 0.29) is 35.7 Å². The lowest BCUT2D eigenvalue weighted by atomic mass is 9.58. The summed E-state index contributed by atoms with van der Waals surface area (Å²) in [7, 11) is 0. The molecule has 240 valence electrons. The van der Waals surface area contributed by atoms with Crippen LogP contribution in [-0.4, -0.2) is 61.1 Å². The van der Waals surface area contributed by atoms with Crippen LogP contribution in [-0.2, 0) is 25.8 Å². The summed E-state index contributed by atoms with van der Waals surface area (Å²) in [6.45, 7) is -0.433. The fourth-order valence-corrected chi connectivity index (χ4v) is 7.74. The summed E-state index contributed by atoms with van der Waals surface area (Å²) in [5.41, 5.74) is -0.257. The van der Waals surface area contributed by atoms with Gasteiger partial charge in [-0.05, 0) is 55.2 Å². The number of carbonyl (C=O) groups is 6. The maximum Gasteiger partial charge on any atom is 0.339 e. The molecule has 0 unspecified atom stereocenters. The lowest BCUT2D eigenvalue weighted by molar-refractivity contribution is -0.126. The number of benzene rings is 2. The van der Waals surface area contributed by atoms with Gasteiger partial charge in [0.25, 0.3) is 0 Å². The van der Waals surface area contributed by atoms with Gasteiger partial charge in [0, 0.05) is 12.1 Å². The first kappa shape index (κ1) is 29.9. The SMILES string of the molecule is O=C(O)c1ccc(N2C(=O)[C@H]3[C@H](CC=C4[C@H]3C[C@H]3C(=O)N(c5ccc(C(=O)O)c(O)c5)C(=O)[C@H]3[C@H]4c3ccc(CO)o3)C2=O)cc1O. The van der Waals surface area contributed by atoms with Crippen LogP contribution in [0.2, 0.25) is 0 Å². The first-order valence-electron chi connectivity index (χ1n) is 14.7. The highest BCUT2D eigenvalue weighted by Gasteiger charge is 2.63. The summed E-state index contributed by atoms with van der Waals surface area (Å²) >= 11 is 0. The zero-order valence-electron chi connectivity index (χ0n) is 24.3. The second-order valence-corrected chi connectivity index (χ2v) is 12.0. The van der Waals surface area contributed by atoms with Gasteiger partial charge in [-0.1, -0.05) is 11.6 Å². The fraction of sp³-hybridized carbons (Fsp3) is 0.273. The minimum Gasteiger partial charge on any atom is -0.507 e. The van der Waals surface area contributed by atoms with E-state index in [1.54, 1.807) is 12.1 Å². The normalized spacial score (nSPS) is 26.6. The van der Waals surface area contributed by atoms with E-state index in [9.17, 15) is 54.3 Å². The Kier molecular flexibility index (Phi) is 6.79. The summed E-state index contributed by atoms with van der Waals surface area (Å²) in [5, 5.41) is 48.9. The van der Waals surface area contributed by atoms with Crippen molar-refractivity contribution in [2.24, 2.45) is 29.6 Å². The molecule has 3 aromatic rings. The predicted molar refractivity (Wildman–Crippen MR) is 157 cm³/mol. The molecular weight excluding hydrogens is 616 g/mol. The van der Waals surface area contributed by atoms with Gasteiger partial charge < -0.3 is 29.9 Å². The summed E-state index contributed by atoms with van der Waals surface area (Å²) in [4.78, 5) is 80.5. The van der Waals surface area contributed by atoms with Crippen molar-refractivity contribution in [3.8, 4) is 11.5 Å². The van der Waals surface area contributed by atoms with Gasteiger partial charge in [-0.3, -0.25) is 19.2 Å². The molecule has 47 heavy (non-hydrogen) atoms. The van der Waals surface area contributed by atoms with E-state index in [0.717, 1.165) is 34.1 Å². The lowest BCUT2D eigenvalue weighted by Gasteiger charge is -2.43. The maximum atomic E-state index is 14.1. The topological polar surface area (TPSA) is 223 Å². The van der Waals surface area contributed by atoms with Crippen molar-refractivity contribution in [2.45, 2.75) is 25.4 Å².